The Balaban J connectivity index is 1.51. The van der Waals surface area contributed by atoms with Crippen molar-refractivity contribution < 1.29 is 10.0 Å². The Morgan fingerprint density at radius 3 is 2.75 bits per heavy atom. The summed E-state index contributed by atoms with van der Waals surface area (Å²) in [7, 11) is 0. The summed E-state index contributed by atoms with van der Waals surface area (Å²) in [6.07, 6.45) is 9.42. The summed E-state index contributed by atoms with van der Waals surface area (Å²) >= 11 is 6.28. The van der Waals surface area contributed by atoms with Crippen molar-refractivity contribution in [2.24, 2.45) is 5.92 Å². The molecule has 1 amide bonds. The van der Waals surface area contributed by atoms with Crippen LogP contribution in [0.25, 0.3) is 6.08 Å². The minimum atomic E-state index is -0.591. The molecule has 0 spiro atoms. The molecule has 3 N–H and O–H groups in total. The van der Waals surface area contributed by atoms with Crippen molar-refractivity contribution in [1.29, 1.82) is 0 Å². The fourth-order valence-electron chi connectivity index (χ4n) is 2.98. The maximum absolute atomic E-state index is 11.0. The minimum Gasteiger partial charge on any atom is -0.366 e. The SMILES string of the molecule is O=C(C=Cc1cnc(NC2CCN(CC3CC3)CC2)c(Cl)c1)NO. The highest BCUT2D eigenvalue weighted by atomic mass is 35.5. The van der Waals surface area contributed by atoms with Crippen LogP contribution in [0, 0.1) is 5.92 Å². The van der Waals surface area contributed by atoms with E-state index in [1.54, 1.807) is 18.3 Å². The van der Waals surface area contributed by atoms with Crippen LogP contribution >= 0.6 is 11.6 Å². The van der Waals surface area contributed by atoms with Gasteiger partial charge < -0.3 is 10.2 Å². The minimum absolute atomic E-state index is 0.395. The van der Waals surface area contributed by atoms with Crippen molar-refractivity contribution in [3.8, 4) is 0 Å². The van der Waals surface area contributed by atoms with E-state index in [2.05, 4.69) is 15.2 Å². The number of hydrogen-bond donors (Lipinski definition) is 3. The van der Waals surface area contributed by atoms with Gasteiger partial charge in [-0.3, -0.25) is 10.0 Å². The Morgan fingerprint density at radius 2 is 2.12 bits per heavy atom. The van der Waals surface area contributed by atoms with Crippen LogP contribution in [-0.4, -0.2) is 46.7 Å². The highest BCUT2D eigenvalue weighted by Gasteiger charge is 2.27. The first-order chi connectivity index (χ1) is 11.6. The summed E-state index contributed by atoms with van der Waals surface area (Å²) in [5.41, 5.74) is 2.24. The Labute approximate surface area is 146 Å². The number of carbonyl (C=O) groups is 1. The van der Waals surface area contributed by atoms with Crippen LogP contribution in [0.5, 0.6) is 0 Å². The number of hydroxylamine groups is 1. The third-order valence-electron chi connectivity index (χ3n) is 4.54. The van der Waals surface area contributed by atoms with E-state index in [1.807, 2.05) is 0 Å². The number of anilines is 1. The Hall–Kier alpha value is -1.63. The first kappa shape index (κ1) is 17.2. The molecule has 2 aliphatic rings. The molecule has 1 saturated carbocycles. The Morgan fingerprint density at radius 1 is 1.38 bits per heavy atom. The third-order valence-corrected chi connectivity index (χ3v) is 4.83. The molecule has 0 unspecified atom stereocenters. The first-order valence-corrected chi connectivity index (χ1v) is 8.78. The summed E-state index contributed by atoms with van der Waals surface area (Å²) in [4.78, 5) is 17.9. The molecule has 130 valence electrons. The van der Waals surface area contributed by atoms with E-state index in [-0.39, 0.29) is 0 Å². The van der Waals surface area contributed by atoms with Crippen molar-refractivity contribution >= 4 is 29.4 Å². The van der Waals surface area contributed by atoms with E-state index < -0.39 is 5.91 Å². The molecule has 0 aromatic carbocycles. The molecule has 7 heteroatoms. The largest absolute Gasteiger partial charge is 0.366 e. The molecule has 1 aromatic rings. The number of piperidine rings is 1. The van der Waals surface area contributed by atoms with E-state index >= 15 is 0 Å². The lowest BCUT2D eigenvalue weighted by Crippen LogP contribution is -2.40. The van der Waals surface area contributed by atoms with Gasteiger partial charge in [0.1, 0.15) is 5.82 Å². The standard InChI is InChI=1S/C17H23ClN4O2/c18-15-9-13(3-4-16(23)21-24)10-19-17(15)20-14-5-7-22(8-6-14)11-12-1-2-12/h3-4,9-10,12,14,24H,1-2,5-8,11H2,(H,19,20)(H,21,23). The molecule has 1 aliphatic carbocycles. The second-order valence-corrected chi connectivity index (χ2v) is 6.98. The van der Waals surface area contributed by atoms with Crippen LogP contribution in [0.15, 0.2) is 18.3 Å². The van der Waals surface area contributed by atoms with Gasteiger partial charge in [-0.2, -0.15) is 0 Å². The van der Waals surface area contributed by atoms with Gasteiger partial charge in [-0.25, -0.2) is 10.5 Å². The molecule has 2 fully saturated rings. The van der Waals surface area contributed by atoms with Gasteiger partial charge in [0.15, 0.2) is 0 Å². The maximum atomic E-state index is 11.0. The number of pyridine rings is 1. The number of aromatic nitrogens is 1. The van der Waals surface area contributed by atoms with Gasteiger partial charge in [-0.05, 0) is 49.3 Å². The van der Waals surface area contributed by atoms with Crippen molar-refractivity contribution in [3.63, 3.8) is 0 Å². The number of likely N-dealkylation sites (tertiary alicyclic amines) is 1. The quantitative estimate of drug-likeness (QED) is 0.417. The fraction of sp³-hybridized carbons (Fsp3) is 0.529. The number of halogens is 1. The lowest BCUT2D eigenvalue weighted by atomic mass is 10.0. The Bertz CT molecular complexity index is 611. The van der Waals surface area contributed by atoms with Gasteiger partial charge in [0.25, 0.3) is 5.91 Å². The van der Waals surface area contributed by atoms with Crippen LogP contribution in [0.1, 0.15) is 31.2 Å². The zero-order valence-electron chi connectivity index (χ0n) is 13.5. The molecule has 0 atom stereocenters. The molecule has 0 bridgehead atoms. The average Bonchev–Trinajstić information content (AvgIpc) is 3.40. The van der Waals surface area contributed by atoms with Gasteiger partial charge in [0.2, 0.25) is 0 Å². The second kappa shape index (κ2) is 7.96. The van der Waals surface area contributed by atoms with Crippen molar-refractivity contribution in [3.05, 3.63) is 28.9 Å². The highest BCUT2D eigenvalue weighted by Crippen LogP contribution is 2.31. The molecular formula is C17H23ClN4O2. The predicted octanol–water partition coefficient (Wildman–Crippen LogP) is 2.54. The summed E-state index contributed by atoms with van der Waals surface area (Å²) in [5.74, 6) is 1.03. The van der Waals surface area contributed by atoms with Crippen molar-refractivity contribution in [1.82, 2.24) is 15.4 Å². The lowest BCUT2D eigenvalue weighted by molar-refractivity contribution is -0.124. The molecule has 1 aromatic heterocycles. The van der Waals surface area contributed by atoms with Crippen LogP contribution < -0.4 is 10.8 Å². The zero-order chi connectivity index (χ0) is 16.9. The average molecular weight is 351 g/mol. The number of hydrogen-bond acceptors (Lipinski definition) is 5. The van der Waals surface area contributed by atoms with Crippen molar-refractivity contribution in [2.75, 3.05) is 25.0 Å². The number of carbonyl (C=O) groups excluding carboxylic acids is 1. The van der Waals surface area contributed by atoms with E-state index in [4.69, 9.17) is 16.8 Å². The number of nitrogens with one attached hydrogen (secondary N) is 2. The van der Waals surface area contributed by atoms with E-state index in [0.29, 0.717) is 22.4 Å². The van der Waals surface area contributed by atoms with Crippen molar-refractivity contribution in [2.45, 2.75) is 31.7 Å². The highest BCUT2D eigenvalue weighted by molar-refractivity contribution is 6.33. The predicted molar refractivity (Wildman–Crippen MR) is 94.0 cm³/mol. The van der Waals surface area contributed by atoms with Crippen LogP contribution in [0.2, 0.25) is 5.02 Å². The summed E-state index contributed by atoms with van der Waals surface area (Å²) in [6, 6.07) is 2.15. The van der Waals surface area contributed by atoms with Gasteiger partial charge in [0.05, 0.1) is 5.02 Å². The van der Waals surface area contributed by atoms with Crippen LogP contribution in [0.3, 0.4) is 0 Å². The number of rotatable bonds is 6. The molecular weight excluding hydrogens is 328 g/mol. The summed E-state index contributed by atoms with van der Waals surface area (Å²) in [5, 5.41) is 12.4. The Kier molecular flexibility index (Phi) is 5.71. The lowest BCUT2D eigenvalue weighted by Gasteiger charge is -2.32. The van der Waals surface area contributed by atoms with E-state index in [1.165, 1.54) is 30.9 Å². The maximum Gasteiger partial charge on any atom is 0.267 e. The van der Waals surface area contributed by atoms with Gasteiger partial charge in [-0.15, -0.1) is 0 Å². The van der Waals surface area contributed by atoms with E-state index in [0.717, 1.165) is 31.8 Å². The van der Waals surface area contributed by atoms with Gasteiger partial charge in [0, 0.05) is 37.9 Å². The normalized spacial score (nSPS) is 19.6. The van der Waals surface area contributed by atoms with Gasteiger partial charge >= 0.3 is 0 Å². The zero-order valence-corrected chi connectivity index (χ0v) is 14.3. The van der Waals surface area contributed by atoms with E-state index in [9.17, 15) is 4.79 Å². The number of amides is 1. The molecule has 1 saturated heterocycles. The molecule has 2 heterocycles. The summed E-state index contributed by atoms with van der Waals surface area (Å²) in [6.45, 7) is 3.51. The molecule has 3 rings (SSSR count). The second-order valence-electron chi connectivity index (χ2n) is 6.57. The number of nitrogens with zero attached hydrogens (tertiary/aromatic N) is 2. The molecule has 0 radical (unpaired) electrons. The van der Waals surface area contributed by atoms with Crippen LogP contribution in [-0.2, 0) is 4.79 Å². The van der Waals surface area contributed by atoms with Gasteiger partial charge in [-0.1, -0.05) is 11.6 Å². The first-order valence-electron chi connectivity index (χ1n) is 8.40. The monoisotopic (exact) mass is 350 g/mol. The smallest absolute Gasteiger partial charge is 0.267 e. The third kappa shape index (κ3) is 4.93. The molecule has 1 aliphatic heterocycles. The van der Waals surface area contributed by atoms with Crippen LogP contribution in [0.4, 0.5) is 5.82 Å². The summed E-state index contributed by atoms with van der Waals surface area (Å²) < 4.78 is 0. The fourth-order valence-corrected chi connectivity index (χ4v) is 3.21. The molecule has 24 heavy (non-hydrogen) atoms. The topological polar surface area (TPSA) is 77.5 Å². The molecule has 6 nitrogen and oxygen atoms in total.